The maximum absolute atomic E-state index is 12.6. The number of hydrogen-bond donors (Lipinski definition) is 1. The Bertz CT molecular complexity index is 790. The molecule has 128 valence electrons. The van der Waals surface area contributed by atoms with Crippen LogP contribution in [0.15, 0.2) is 59.8 Å². The number of carbonyl (C=O) groups is 1. The molecule has 0 unspecified atom stereocenters. The van der Waals surface area contributed by atoms with E-state index in [1.54, 1.807) is 50.2 Å². The van der Waals surface area contributed by atoms with Crippen molar-refractivity contribution in [3.8, 4) is 0 Å². The minimum absolute atomic E-state index is 0.105. The van der Waals surface area contributed by atoms with Gasteiger partial charge in [0.05, 0.1) is 18.6 Å². The van der Waals surface area contributed by atoms with Gasteiger partial charge in [-0.25, -0.2) is 18.1 Å². The SMILES string of the molecule is COC(=O)C(C)(C)[C@@H](NS(=O)(=O)c1ccccn1)c1ccccc1. The average Bonchev–Trinajstić information content (AvgIpc) is 2.60. The normalized spacial score (nSPS) is 13.3. The minimum atomic E-state index is -3.90. The molecule has 1 heterocycles. The van der Waals surface area contributed by atoms with Gasteiger partial charge in [0.1, 0.15) is 0 Å². The first-order chi connectivity index (χ1) is 11.3. The number of benzene rings is 1. The topological polar surface area (TPSA) is 85.4 Å². The molecule has 1 N–H and O–H groups in total. The van der Waals surface area contributed by atoms with Crippen LogP contribution in [-0.4, -0.2) is 26.5 Å². The van der Waals surface area contributed by atoms with E-state index in [4.69, 9.17) is 4.74 Å². The zero-order valence-corrected chi connectivity index (χ0v) is 14.6. The molecule has 0 aliphatic heterocycles. The van der Waals surface area contributed by atoms with E-state index in [2.05, 4.69) is 9.71 Å². The second-order valence-corrected chi connectivity index (χ2v) is 7.51. The number of hydrogen-bond acceptors (Lipinski definition) is 5. The molecule has 0 fully saturated rings. The smallest absolute Gasteiger partial charge is 0.313 e. The number of ether oxygens (including phenoxy) is 1. The Morgan fingerprint density at radius 2 is 1.75 bits per heavy atom. The molecule has 0 aliphatic carbocycles. The van der Waals surface area contributed by atoms with Crippen molar-refractivity contribution in [2.45, 2.75) is 24.9 Å². The number of sulfonamides is 1. The molecule has 0 bridgehead atoms. The van der Waals surface area contributed by atoms with E-state index in [9.17, 15) is 13.2 Å². The molecule has 0 saturated carbocycles. The highest BCUT2D eigenvalue weighted by atomic mass is 32.2. The molecule has 1 aromatic heterocycles. The van der Waals surface area contributed by atoms with Crippen LogP contribution in [0, 0.1) is 5.41 Å². The van der Waals surface area contributed by atoms with Crippen molar-refractivity contribution in [3.63, 3.8) is 0 Å². The minimum Gasteiger partial charge on any atom is -0.469 e. The molecule has 0 aliphatic rings. The number of pyridine rings is 1. The Morgan fingerprint density at radius 3 is 2.29 bits per heavy atom. The molecule has 2 rings (SSSR count). The monoisotopic (exact) mass is 348 g/mol. The molecule has 2 aromatic rings. The first-order valence-corrected chi connectivity index (χ1v) is 8.84. The van der Waals surface area contributed by atoms with Crippen LogP contribution in [0.25, 0.3) is 0 Å². The molecule has 7 heteroatoms. The number of rotatable bonds is 6. The third kappa shape index (κ3) is 3.80. The van der Waals surface area contributed by atoms with Crippen molar-refractivity contribution in [2.24, 2.45) is 5.41 Å². The first kappa shape index (κ1) is 18.1. The summed E-state index contributed by atoms with van der Waals surface area (Å²) in [6.07, 6.45) is 1.40. The third-order valence-corrected chi connectivity index (χ3v) is 5.09. The van der Waals surface area contributed by atoms with Crippen molar-refractivity contribution in [3.05, 3.63) is 60.3 Å². The van der Waals surface area contributed by atoms with E-state index in [0.29, 0.717) is 5.56 Å². The zero-order valence-electron chi connectivity index (χ0n) is 13.8. The summed E-state index contributed by atoms with van der Waals surface area (Å²) in [7, 11) is -2.62. The van der Waals surface area contributed by atoms with E-state index in [-0.39, 0.29) is 5.03 Å². The summed E-state index contributed by atoms with van der Waals surface area (Å²) in [4.78, 5) is 16.1. The standard InChI is InChI=1S/C17H20N2O4S/c1-17(2,16(20)23-3)15(13-9-5-4-6-10-13)19-24(21,22)14-11-7-8-12-18-14/h4-12,15,19H,1-3H3/t15-/m0/s1. The summed E-state index contributed by atoms with van der Waals surface area (Å²) >= 11 is 0. The van der Waals surface area contributed by atoms with Crippen LogP contribution in [-0.2, 0) is 19.6 Å². The fraction of sp³-hybridized carbons (Fsp3) is 0.294. The predicted molar refractivity (Wildman–Crippen MR) is 89.5 cm³/mol. The Balaban J connectivity index is 2.47. The van der Waals surface area contributed by atoms with Gasteiger partial charge in [-0.2, -0.15) is 0 Å². The fourth-order valence-corrected chi connectivity index (χ4v) is 3.70. The summed E-state index contributed by atoms with van der Waals surface area (Å²) in [6.45, 7) is 3.27. The van der Waals surface area contributed by atoms with Gasteiger partial charge in [-0.1, -0.05) is 36.4 Å². The largest absolute Gasteiger partial charge is 0.469 e. The molecule has 6 nitrogen and oxygen atoms in total. The van der Waals surface area contributed by atoms with Crippen molar-refractivity contribution in [1.82, 2.24) is 9.71 Å². The van der Waals surface area contributed by atoms with Gasteiger partial charge in [0, 0.05) is 6.20 Å². The number of esters is 1. The van der Waals surface area contributed by atoms with Gasteiger partial charge < -0.3 is 4.74 Å². The average molecular weight is 348 g/mol. The van der Waals surface area contributed by atoms with Crippen LogP contribution >= 0.6 is 0 Å². The van der Waals surface area contributed by atoms with E-state index in [1.165, 1.54) is 19.4 Å². The van der Waals surface area contributed by atoms with Crippen LogP contribution in [0.5, 0.6) is 0 Å². The molecule has 0 spiro atoms. The summed E-state index contributed by atoms with van der Waals surface area (Å²) in [6, 6.07) is 12.7. The van der Waals surface area contributed by atoms with Crippen molar-refractivity contribution >= 4 is 16.0 Å². The second kappa shape index (κ2) is 7.11. The Hall–Kier alpha value is -2.25. The van der Waals surface area contributed by atoms with E-state index in [1.807, 2.05) is 6.07 Å². The van der Waals surface area contributed by atoms with Crippen LogP contribution in [0.4, 0.5) is 0 Å². The molecule has 24 heavy (non-hydrogen) atoms. The van der Waals surface area contributed by atoms with Gasteiger partial charge in [0.15, 0.2) is 5.03 Å². The maximum Gasteiger partial charge on any atom is 0.313 e. The Labute approximate surface area is 141 Å². The van der Waals surface area contributed by atoms with Gasteiger partial charge in [0.2, 0.25) is 0 Å². The summed E-state index contributed by atoms with van der Waals surface area (Å²) < 4.78 is 32.7. The summed E-state index contributed by atoms with van der Waals surface area (Å²) in [5, 5.41) is -0.105. The van der Waals surface area contributed by atoms with Crippen molar-refractivity contribution in [2.75, 3.05) is 7.11 Å². The summed E-state index contributed by atoms with van der Waals surface area (Å²) in [5.41, 5.74) is -0.454. The molecule has 1 atom stereocenters. The van der Waals surface area contributed by atoms with Gasteiger partial charge in [-0.05, 0) is 31.5 Å². The molecule has 0 radical (unpaired) electrons. The number of nitrogens with one attached hydrogen (secondary N) is 1. The van der Waals surface area contributed by atoms with Gasteiger partial charge >= 0.3 is 5.97 Å². The molecule has 1 aromatic carbocycles. The lowest BCUT2D eigenvalue weighted by Crippen LogP contribution is -2.43. The Kier molecular flexibility index (Phi) is 5.36. The second-order valence-electron chi connectivity index (χ2n) is 5.85. The Morgan fingerprint density at radius 1 is 1.12 bits per heavy atom. The molecule has 0 saturated heterocycles. The van der Waals surface area contributed by atoms with Gasteiger partial charge in [-0.15, -0.1) is 0 Å². The van der Waals surface area contributed by atoms with Gasteiger partial charge in [-0.3, -0.25) is 4.79 Å². The molecular weight excluding hydrogens is 328 g/mol. The molecule has 0 amide bonds. The highest BCUT2D eigenvalue weighted by molar-refractivity contribution is 7.89. The summed E-state index contributed by atoms with van der Waals surface area (Å²) in [5.74, 6) is -0.514. The van der Waals surface area contributed by atoms with Crippen LogP contribution in [0.2, 0.25) is 0 Å². The fourth-order valence-electron chi connectivity index (χ4n) is 2.38. The lowest BCUT2D eigenvalue weighted by Gasteiger charge is -2.32. The van der Waals surface area contributed by atoms with E-state index < -0.39 is 27.4 Å². The molecular formula is C17H20N2O4S. The predicted octanol–water partition coefficient (Wildman–Crippen LogP) is 2.30. The first-order valence-electron chi connectivity index (χ1n) is 7.36. The van der Waals surface area contributed by atoms with Crippen LogP contribution in [0.1, 0.15) is 25.5 Å². The third-order valence-electron chi connectivity index (χ3n) is 3.75. The highest BCUT2D eigenvalue weighted by Crippen LogP contribution is 2.35. The van der Waals surface area contributed by atoms with Gasteiger partial charge in [0.25, 0.3) is 10.0 Å². The van der Waals surface area contributed by atoms with Crippen LogP contribution < -0.4 is 4.72 Å². The lowest BCUT2D eigenvalue weighted by atomic mass is 9.81. The number of nitrogens with zero attached hydrogens (tertiary/aromatic N) is 1. The number of methoxy groups -OCH3 is 1. The van der Waals surface area contributed by atoms with E-state index in [0.717, 1.165) is 0 Å². The lowest BCUT2D eigenvalue weighted by molar-refractivity contribution is -0.152. The van der Waals surface area contributed by atoms with Crippen LogP contribution in [0.3, 0.4) is 0 Å². The maximum atomic E-state index is 12.6. The highest BCUT2D eigenvalue weighted by Gasteiger charge is 2.41. The van der Waals surface area contributed by atoms with Crippen molar-refractivity contribution < 1.29 is 17.9 Å². The van der Waals surface area contributed by atoms with E-state index >= 15 is 0 Å². The number of carbonyl (C=O) groups excluding carboxylic acids is 1. The zero-order chi connectivity index (χ0) is 17.8. The van der Waals surface area contributed by atoms with Crippen molar-refractivity contribution in [1.29, 1.82) is 0 Å². The number of aromatic nitrogens is 1. The quantitative estimate of drug-likeness (QED) is 0.810.